The van der Waals surface area contributed by atoms with Crippen molar-refractivity contribution in [3.63, 3.8) is 0 Å². The largest absolute Gasteiger partial charge is 0.380 e. The molecular formula is C17H26N2O2. The number of nitrogens with one attached hydrogen (secondary N) is 1. The highest BCUT2D eigenvalue weighted by atomic mass is 16.5. The summed E-state index contributed by atoms with van der Waals surface area (Å²) in [6, 6.07) is 8.40. The van der Waals surface area contributed by atoms with E-state index in [0.29, 0.717) is 12.5 Å². The van der Waals surface area contributed by atoms with Gasteiger partial charge in [0, 0.05) is 27.2 Å². The molecule has 0 radical (unpaired) electrons. The molecule has 1 aromatic rings. The minimum atomic E-state index is -0.116. The molecule has 1 heterocycles. The lowest BCUT2D eigenvalue weighted by atomic mass is 10.0. The Hall–Kier alpha value is -1.39. The molecule has 0 aliphatic carbocycles. The van der Waals surface area contributed by atoms with Crippen LogP contribution in [0.3, 0.4) is 0 Å². The Morgan fingerprint density at radius 3 is 2.57 bits per heavy atom. The third-order valence-electron chi connectivity index (χ3n) is 4.16. The molecular weight excluding hydrogens is 264 g/mol. The number of methoxy groups -OCH3 is 1. The molecule has 2 rings (SSSR count). The highest BCUT2D eigenvalue weighted by Gasteiger charge is 2.31. The Bertz CT molecular complexity index is 470. The van der Waals surface area contributed by atoms with Crippen LogP contribution in [0.5, 0.6) is 0 Å². The zero-order valence-corrected chi connectivity index (χ0v) is 13.4. The van der Waals surface area contributed by atoms with Crippen LogP contribution in [0.1, 0.15) is 37.3 Å². The SMILES string of the molecule is COC1CNC(C(=O)N(C)Cc2ccc(C(C)C)cc2)C1. The van der Waals surface area contributed by atoms with Crippen molar-refractivity contribution in [3.05, 3.63) is 35.4 Å². The van der Waals surface area contributed by atoms with Crippen LogP contribution in [0.25, 0.3) is 0 Å². The number of amides is 1. The van der Waals surface area contributed by atoms with E-state index in [1.807, 2.05) is 7.05 Å². The number of ether oxygens (including phenoxy) is 1. The Labute approximate surface area is 127 Å². The fourth-order valence-electron chi connectivity index (χ4n) is 2.70. The number of benzene rings is 1. The summed E-state index contributed by atoms with van der Waals surface area (Å²) >= 11 is 0. The van der Waals surface area contributed by atoms with Gasteiger partial charge in [-0.1, -0.05) is 38.1 Å². The summed E-state index contributed by atoms with van der Waals surface area (Å²) in [5.74, 6) is 0.676. The molecule has 1 aromatic carbocycles. The van der Waals surface area contributed by atoms with Crippen LogP contribution >= 0.6 is 0 Å². The molecule has 4 nitrogen and oxygen atoms in total. The van der Waals surface area contributed by atoms with Gasteiger partial charge in [-0.25, -0.2) is 0 Å². The monoisotopic (exact) mass is 290 g/mol. The van der Waals surface area contributed by atoms with E-state index in [0.717, 1.165) is 18.5 Å². The average Bonchev–Trinajstić information content (AvgIpc) is 2.95. The van der Waals surface area contributed by atoms with Gasteiger partial charge < -0.3 is 15.0 Å². The van der Waals surface area contributed by atoms with E-state index in [9.17, 15) is 4.79 Å². The predicted octanol–water partition coefficient (Wildman–Crippen LogP) is 2.15. The van der Waals surface area contributed by atoms with Gasteiger partial charge in [0.2, 0.25) is 5.91 Å². The normalized spacial score (nSPS) is 21.8. The van der Waals surface area contributed by atoms with Crippen LogP contribution < -0.4 is 5.32 Å². The first-order valence-electron chi connectivity index (χ1n) is 7.61. The number of carbonyl (C=O) groups excluding carboxylic acids is 1. The summed E-state index contributed by atoms with van der Waals surface area (Å²) in [6.07, 6.45) is 0.907. The van der Waals surface area contributed by atoms with Crippen molar-refractivity contribution >= 4 is 5.91 Å². The summed E-state index contributed by atoms with van der Waals surface area (Å²) in [4.78, 5) is 14.2. The van der Waals surface area contributed by atoms with E-state index in [1.165, 1.54) is 5.56 Å². The summed E-state index contributed by atoms with van der Waals surface area (Å²) in [5.41, 5.74) is 2.49. The molecule has 2 atom stereocenters. The Morgan fingerprint density at radius 1 is 1.38 bits per heavy atom. The first-order chi connectivity index (χ1) is 10.0. The molecule has 0 spiro atoms. The molecule has 2 unspecified atom stereocenters. The van der Waals surface area contributed by atoms with Gasteiger partial charge in [0.05, 0.1) is 12.1 Å². The van der Waals surface area contributed by atoms with Gasteiger partial charge in [0.25, 0.3) is 0 Å². The van der Waals surface area contributed by atoms with Crippen molar-refractivity contribution in [2.75, 3.05) is 20.7 Å². The van der Waals surface area contributed by atoms with Gasteiger partial charge in [-0.05, 0) is 23.5 Å². The smallest absolute Gasteiger partial charge is 0.239 e. The molecule has 1 N–H and O–H groups in total. The van der Waals surface area contributed by atoms with Crippen molar-refractivity contribution in [2.45, 2.75) is 44.9 Å². The average molecular weight is 290 g/mol. The van der Waals surface area contributed by atoms with Crippen LogP contribution in [-0.2, 0) is 16.1 Å². The second-order valence-corrected chi connectivity index (χ2v) is 6.14. The van der Waals surface area contributed by atoms with E-state index in [1.54, 1.807) is 12.0 Å². The molecule has 116 valence electrons. The molecule has 4 heteroatoms. The maximum Gasteiger partial charge on any atom is 0.239 e. The van der Waals surface area contributed by atoms with E-state index in [-0.39, 0.29) is 18.1 Å². The molecule has 0 aromatic heterocycles. The second-order valence-electron chi connectivity index (χ2n) is 6.14. The predicted molar refractivity (Wildman–Crippen MR) is 84.2 cm³/mol. The van der Waals surface area contributed by atoms with Crippen molar-refractivity contribution in [1.82, 2.24) is 10.2 Å². The van der Waals surface area contributed by atoms with Crippen LogP contribution in [0.15, 0.2) is 24.3 Å². The molecule has 1 amide bonds. The van der Waals surface area contributed by atoms with Gasteiger partial charge in [-0.15, -0.1) is 0 Å². The van der Waals surface area contributed by atoms with Gasteiger partial charge >= 0.3 is 0 Å². The fraction of sp³-hybridized carbons (Fsp3) is 0.588. The lowest BCUT2D eigenvalue weighted by Crippen LogP contribution is -2.41. The van der Waals surface area contributed by atoms with Crippen LogP contribution in [0.4, 0.5) is 0 Å². The number of carbonyl (C=O) groups is 1. The van der Waals surface area contributed by atoms with Crippen LogP contribution in [0, 0.1) is 0 Å². The molecule has 0 saturated carbocycles. The summed E-state index contributed by atoms with van der Waals surface area (Å²) in [6.45, 7) is 5.77. The molecule has 21 heavy (non-hydrogen) atoms. The van der Waals surface area contributed by atoms with Gasteiger partial charge in [-0.3, -0.25) is 4.79 Å². The number of hydrogen-bond acceptors (Lipinski definition) is 3. The van der Waals surface area contributed by atoms with Crippen molar-refractivity contribution < 1.29 is 9.53 Å². The third kappa shape index (κ3) is 4.05. The standard InChI is InChI=1S/C17H26N2O2/c1-12(2)14-7-5-13(6-8-14)11-19(3)17(20)16-9-15(21-4)10-18-16/h5-8,12,15-16,18H,9-11H2,1-4H3. The fourth-order valence-corrected chi connectivity index (χ4v) is 2.70. The molecule has 1 fully saturated rings. The zero-order chi connectivity index (χ0) is 15.4. The third-order valence-corrected chi connectivity index (χ3v) is 4.16. The lowest BCUT2D eigenvalue weighted by Gasteiger charge is -2.21. The van der Waals surface area contributed by atoms with Gasteiger partial charge in [0.15, 0.2) is 0 Å². The minimum absolute atomic E-state index is 0.116. The molecule has 1 saturated heterocycles. The first kappa shape index (κ1) is 16.0. The first-order valence-corrected chi connectivity index (χ1v) is 7.61. The molecule has 1 aliphatic rings. The second kappa shape index (κ2) is 7.05. The van der Waals surface area contributed by atoms with E-state index < -0.39 is 0 Å². The van der Waals surface area contributed by atoms with Gasteiger partial charge in [0.1, 0.15) is 0 Å². The maximum absolute atomic E-state index is 12.4. The highest BCUT2D eigenvalue weighted by Crippen LogP contribution is 2.17. The number of likely N-dealkylation sites (N-methyl/N-ethyl adjacent to an activating group) is 1. The van der Waals surface area contributed by atoms with E-state index in [4.69, 9.17) is 4.74 Å². The number of rotatable bonds is 5. The molecule has 1 aliphatic heterocycles. The Kier molecular flexibility index (Phi) is 5.37. The Morgan fingerprint density at radius 2 is 2.05 bits per heavy atom. The van der Waals surface area contributed by atoms with Crippen LogP contribution in [-0.4, -0.2) is 43.7 Å². The van der Waals surface area contributed by atoms with Crippen molar-refractivity contribution in [1.29, 1.82) is 0 Å². The van der Waals surface area contributed by atoms with E-state index in [2.05, 4.69) is 43.4 Å². The summed E-state index contributed by atoms with van der Waals surface area (Å²) < 4.78 is 5.29. The van der Waals surface area contributed by atoms with Crippen molar-refractivity contribution in [3.8, 4) is 0 Å². The summed E-state index contributed by atoms with van der Waals surface area (Å²) in [7, 11) is 3.56. The molecule has 0 bridgehead atoms. The topological polar surface area (TPSA) is 41.6 Å². The van der Waals surface area contributed by atoms with Gasteiger partial charge in [-0.2, -0.15) is 0 Å². The van der Waals surface area contributed by atoms with Crippen molar-refractivity contribution in [2.24, 2.45) is 0 Å². The Balaban J connectivity index is 1.91. The highest BCUT2D eigenvalue weighted by molar-refractivity contribution is 5.82. The van der Waals surface area contributed by atoms with E-state index >= 15 is 0 Å². The maximum atomic E-state index is 12.4. The zero-order valence-electron chi connectivity index (χ0n) is 13.4. The lowest BCUT2D eigenvalue weighted by molar-refractivity contribution is -0.132. The van der Waals surface area contributed by atoms with Crippen LogP contribution in [0.2, 0.25) is 0 Å². The number of hydrogen-bond donors (Lipinski definition) is 1. The number of nitrogens with zero attached hydrogens (tertiary/aromatic N) is 1. The minimum Gasteiger partial charge on any atom is -0.380 e. The quantitative estimate of drug-likeness (QED) is 0.903. The summed E-state index contributed by atoms with van der Waals surface area (Å²) in [5, 5.41) is 3.23.